The van der Waals surface area contributed by atoms with Gasteiger partial charge in [-0.25, -0.2) is 4.79 Å². The van der Waals surface area contributed by atoms with Crippen molar-refractivity contribution in [2.75, 3.05) is 39.5 Å². The van der Waals surface area contributed by atoms with E-state index < -0.39 is 23.9 Å². The predicted molar refractivity (Wildman–Crippen MR) is 164 cm³/mol. The predicted octanol–water partition coefficient (Wildman–Crippen LogP) is 3.04. The van der Waals surface area contributed by atoms with Gasteiger partial charge in [-0.2, -0.15) is 0 Å². The molecular weight excluding hydrogens is 574 g/mol. The Morgan fingerprint density at radius 3 is 1.45 bits per heavy atom. The third-order valence-corrected chi connectivity index (χ3v) is 6.80. The van der Waals surface area contributed by atoms with Crippen LogP contribution in [0.25, 0.3) is 0 Å². The van der Waals surface area contributed by atoms with Crippen molar-refractivity contribution in [3.63, 3.8) is 0 Å². The lowest BCUT2D eigenvalue weighted by Crippen LogP contribution is -2.41. The van der Waals surface area contributed by atoms with Crippen molar-refractivity contribution >= 4 is 35.9 Å². The maximum absolute atomic E-state index is 11.9. The summed E-state index contributed by atoms with van der Waals surface area (Å²) in [6.45, 7) is 2.01. The molecule has 1 radical (unpaired) electrons. The summed E-state index contributed by atoms with van der Waals surface area (Å²) in [6.07, 6.45) is 15.2. The average Bonchev–Trinajstić information content (AvgIpc) is 2.98. The highest BCUT2D eigenvalue weighted by Gasteiger charge is 2.19. The lowest BCUT2D eigenvalue weighted by Gasteiger charge is -2.13. The molecule has 0 spiro atoms. The summed E-state index contributed by atoms with van der Waals surface area (Å²) < 4.78 is 10.8. The van der Waals surface area contributed by atoms with E-state index in [0.29, 0.717) is 32.8 Å². The SMILES string of the molecule is O=[C]CCC(NC(=O)CCC(=O)NCCOCCOCCNC(=O)CCCCCCCCCCCCCCC(=O)O)C(=O)O. The van der Waals surface area contributed by atoms with Crippen LogP contribution in [0.1, 0.15) is 116 Å². The quantitative estimate of drug-likeness (QED) is 0.0690. The van der Waals surface area contributed by atoms with Gasteiger partial charge in [-0.1, -0.05) is 64.2 Å². The molecule has 0 aromatic heterocycles. The fraction of sp³-hybridized carbons (Fsp3) is 0.806. The van der Waals surface area contributed by atoms with Crippen molar-refractivity contribution in [3.8, 4) is 0 Å². The van der Waals surface area contributed by atoms with E-state index in [0.717, 1.165) is 38.5 Å². The number of ether oxygens (including phenoxy) is 2. The summed E-state index contributed by atoms with van der Waals surface area (Å²) in [4.78, 5) is 67.3. The highest BCUT2D eigenvalue weighted by molar-refractivity contribution is 5.87. The maximum atomic E-state index is 11.9. The lowest BCUT2D eigenvalue weighted by molar-refractivity contribution is -0.142. The van der Waals surface area contributed by atoms with E-state index >= 15 is 0 Å². The molecule has 13 heteroatoms. The Bertz CT molecular complexity index is 810. The summed E-state index contributed by atoms with van der Waals surface area (Å²) in [5.74, 6) is -2.88. The molecule has 0 aromatic carbocycles. The fourth-order valence-electron chi connectivity index (χ4n) is 4.31. The Balaban J connectivity index is 3.44. The molecule has 5 N–H and O–H groups in total. The van der Waals surface area contributed by atoms with E-state index in [1.54, 1.807) is 6.29 Å². The number of hydrogen-bond donors (Lipinski definition) is 5. The highest BCUT2D eigenvalue weighted by atomic mass is 16.5. The zero-order valence-electron chi connectivity index (χ0n) is 26.2. The number of carbonyl (C=O) groups excluding carboxylic acids is 4. The van der Waals surface area contributed by atoms with Gasteiger partial charge >= 0.3 is 11.9 Å². The van der Waals surface area contributed by atoms with Gasteiger partial charge in [0.25, 0.3) is 0 Å². The molecule has 0 aliphatic heterocycles. The summed E-state index contributed by atoms with van der Waals surface area (Å²) >= 11 is 0. The Kier molecular flexibility index (Phi) is 27.9. The molecular formula is C31H54N3O10. The molecule has 0 fully saturated rings. The van der Waals surface area contributed by atoms with Gasteiger partial charge in [-0.05, 0) is 19.3 Å². The number of carbonyl (C=O) groups is 5. The molecule has 3 amide bonds. The second-order valence-electron chi connectivity index (χ2n) is 10.7. The minimum atomic E-state index is -1.25. The molecule has 0 rings (SSSR count). The zero-order chi connectivity index (χ0) is 32.7. The molecule has 44 heavy (non-hydrogen) atoms. The lowest BCUT2D eigenvalue weighted by atomic mass is 10.0. The van der Waals surface area contributed by atoms with Crippen LogP contribution in [0.3, 0.4) is 0 Å². The third-order valence-electron chi connectivity index (χ3n) is 6.80. The van der Waals surface area contributed by atoms with Crippen LogP contribution >= 0.6 is 0 Å². The van der Waals surface area contributed by atoms with Gasteiger partial charge in [0.15, 0.2) is 6.29 Å². The van der Waals surface area contributed by atoms with Crippen LogP contribution < -0.4 is 16.0 Å². The molecule has 0 heterocycles. The van der Waals surface area contributed by atoms with Crippen molar-refractivity contribution in [3.05, 3.63) is 0 Å². The summed E-state index contributed by atoms with van der Waals surface area (Å²) in [5, 5.41) is 25.4. The number of aliphatic carboxylic acids is 2. The van der Waals surface area contributed by atoms with Crippen LogP contribution in [0.15, 0.2) is 0 Å². The minimum Gasteiger partial charge on any atom is -0.481 e. The van der Waals surface area contributed by atoms with Gasteiger partial charge in [0, 0.05) is 45.2 Å². The first kappa shape index (κ1) is 40.9. The molecule has 0 aliphatic rings. The number of amides is 3. The number of nitrogens with one attached hydrogen (secondary N) is 3. The summed E-state index contributed by atoms with van der Waals surface area (Å²) in [5.41, 5.74) is 0. The summed E-state index contributed by atoms with van der Waals surface area (Å²) in [6, 6.07) is -1.19. The number of hydrogen-bond acceptors (Lipinski definition) is 8. The van der Waals surface area contributed by atoms with Gasteiger partial charge in [0.2, 0.25) is 17.7 Å². The maximum Gasteiger partial charge on any atom is 0.326 e. The van der Waals surface area contributed by atoms with E-state index in [1.165, 1.54) is 38.5 Å². The Labute approximate surface area is 261 Å². The zero-order valence-corrected chi connectivity index (χ0v) is 26.2. The van der Waals surface area contributed by atoms with Crippen molar-refractivity contribution in [1.29, 1.82) is 0 Å². The molecule has 0 aromatic rings. The normalized spacial score (nSPS) is 11.5. The molecule has 253 valence electrons. The largest absolute Gasteiger partial charge is 0.481 e. The van der Waals surface area contributed by atoms with Crippen molar-refractivity contribution in [2.24, 2.45) is 0 Å². The summed E-state index contributed by atoms with van der Waals surface area (Å²) in [7, 11) is 0. The van der Waals surface area contributed by atoms with Crippen molar-refractivity contribution in [1.82, 2.24) is 16.0 Å². The minimum absolute atomic E-state index is 0.0275. The van der Waals surface area contributed by atoms with E-state index in [2.05, 4.69) is 16.0 Å². The third kappa shape index (κ3) is 29.0. The highest BCUT2D eigenvalue weighted by Crippen LogP contribution is 2.13. The van der Waals surface area contributed by atoms with Crippen LogP contribution in [0.5, 0.6) is 0 Å². The second-order valence-corrected chi connectivity index (χ2v) is 10.7. The Morgan fingerprint density at radius 2 is 1.00 bits per heavy atom. The number of carboxylic acids is 2. The van der Waals surface area contributed by atoms with Crippen LogP contribution in [-0.2, 0) is 38.2 Å². The van der Waals surface area contributed by atoms with Gasteiger partial charge in [0.1, 0.15) is 6.04 Å². The fourth-order valence-corrected chi connectivity index (χ4v) is 4.31. The number of rotatable bonds is 32. The Hall–Kier alpha value is -3.06. The molecule has 0 bridgehead atoms. The van der Waals surface area contributed by atoms with Gasteiger partial charge in [-0.3, -0.25) is 24.0 Å². The molecule has 0 aliphatic carbocycles. The smallest absolute Gasteiger partial charge is 0.326 e. The van der Waals surface area contributed by atoms with E-state index in [4.69, 9.17) is 19.7 Å². The average molecular weight is 629 g/mol. The molecule has 0 saturated heterocycles. The molecule has 0 saturated carbocycles. The van der Waals surface area contributed by atoms with Gasteiger partial charge in [-0.15, -0.1) is 0 Å². The van der Waals surface area contributed by atoms with Crippen LogP contribution in [0.2, 0.25) is 0 Å². The molecule has 1 atom stereocenters. The van der Waals surface area contributed by atoms with Crippen molar-refractivity contribution in [2.45, 2.75) is 122 Å². The first-order valence-corrected chi connectivity index (χ1v) is 16.0. The Morgan fingerprint density at radius 1 is 0.568 bits per heavy atom. The van der Waals surface area contributed by atoms with E-state index in [1.807, 2.05) is 0 Å². The number of carboxylic acid groups (broad SMARTS) is 2. The van der Waals surface area contributed by atoms with Crippen LogP contribution in [-0.4, -0.2) is 91.7 Å². The first-order chi connectivity index (χ1) is 21.3. The van der Waals surface area contributed by atoms with Gasteiger partial charge < -0.3 is 35.6 Å². The van der Waals surface area contributed by atoms with E-state index in [-0.39, 0.29) is 57.1 Å². The van der Waals surface area contributed by atoms with E-state index in [9.17, 15) is 28.8 Å². The first-order valence-electron chi connectivity index (χ1n) is 16.0. The van der Waals surface area contributed by atoms with Crippen LogP contribution in [0.4, 0.5) is 0 Å². The standard InChI is InChI=1S/C31H54N3O10/c35-21-13-14-26(31(41)42)34-29(38)18-17-28(37)33-20-23-44-25-24-43-22-19-32-27(36)15-11-9-7-5-3-1-2-4-6-8-10-12-16-30(39)40/h26H,1-20,22-25H2,(H,32,36)(H,33,37)(H,34,38)(H,39,40)(H,41,42). The molecule has 13 nitrogen and oxygen atoms in total. The monoisotopic (exact) mass is 628 g/mol. The van der Waals surface area contributed by atoms with Crippen LogP contribution in [0, 0.1) is 0 Å². The second kappa shape index (κ2) is 30.0. The topological polar surface area (TPSA) is 197 Å². The number of unbranched alkanes of at least 4 members (excludes halogenated alkanes) is 11. The van der Waals surface area contributed by atoms with Gasteiger partial charge in [0.05, 0.1) is 26.4 Å². The van der Waals surface area contributed by atoms with Crippen molar-refractivity contribution < 1.29 is 48.5 Å². The molecule has 1 unspecified atom stereocenters.